The summed E-state index contributed by atoms with van der Waals surface area (Å²) in [4.78, 5) is 0. The number of rotatable bonds is 4. The van der Waals surface area contributed by atoms with Crippen molar-refractivity contribution in [3.05, 3.63) is 12.2 Å². The van der Waals surface area contributed by atoms with E-state index in [1.165, 1.54) is 6.42 Å². The summed E-state index contributed by atoms with van der Waals surface area (Å²) in [7, 11) is 0. The van der Waals surface area contributed by atoms with Crippen LogP contribution in [-0.4, -0.2) is 11.7 Å². The fourth-order valence-corrected chi connectivity index (χ4v) is 3.49. The molecule has 1 aliphatic carbocycles. The summed E-state index contributed by atoms with van der Waals surface area (Å²) in [6, 6.07) is 0. The van der Waals surface area contributed by atoms with Gasteiger partial charge in [0.2, 0.25) is 0 Å². The van der Waals surface area contributed by atoms with Crippen molar-refractivity contribution in [2.24, 2.45) is 22.7 Å². The van der Waals surface area contributed by atoms with Crippen LogP contribution in [0.25, 0.3) is 0 Å². The SMILES string of the molecule is CC(C)C1(C)CC(C)(C)C1CC=CCO. The molecule has 1 saturated carbocycles. The van der Waals surface area contributed by atoms with Crippen molar-refractivity contribution in [1.29, 1.82) is 0 Å². The first kappa shape index (κ1) is 12.8. The van der Waals surface area contributed by atoms with Crippen LogP contribution >= 0.6 is 0 Å². The van der Waals surface area contributed by atoms with Gasteiger partial charge in [-0.1, -0.05) is 46.8 Å². The van der Waals surface area contributed by atoms with Crippen molar-refractivity contribution in [3.8, 4) is 0 Å². The Labute approximate surface area is 94.6 Å². The molecule has 0 radical (unpaired) electrons. The Morgan fingerprint density at radius 3 is 2.27 bits per heavy atom. The summed E-state index contributed by atoms with van der Waals surface area (Å²) in [6.45, 7) is 12.0. The van der Waals surface area contributed by atoms with Crippen molar-refractivity contribution >= 4 is 0 Å². The maximum atomic E-state index is 8.75. The van der Waals surface area contributed by atoms with Crippen LogP contribution in [-0.2, 0) is 0 Å². The number of aliphatic hydroxyl groups excluding tert-OH is 1. The van der Waals surface area contributed by atoms with E-state index >= 15 is 0 Å². The first-order valence-corrected chi connectivity index (χ1v) is 6.10. The van der Waals surface area contributed by atoms with Gasteiger partial charge >= 0.3 is 0 Å². The maximum Gasteiger partial charge on any atom is 0.0612 e. The zero-order chi connectivity index (χ0) is 11.7. The number of hydrogen-bond donors (Lipinski definition) is 1. The Balaban J connectivity index is 2.68. The van der Waals surface area contributed by atoms with E-state index in [0.29, 0.717) is 10.8 Å². The molecule has 88 valence electrons. The minimum atomic E-state index is 0.172. The molecule has 0 aromatic heterocycles. The van der Waals surface area contributed by atoms with Crippen LogP contribution in [0.15, 0.2) is 12.2 Å². The highest BCUT2D eigenvalue weighted by molar-refractivity contribution is 5.07. The fraction of sp³-hybridized carbons (Fsp3) is 0.857. The van der Waals surface area contributed by atoms with Crippen LogP contribution in [0, 0.1) is 22.7 Å². The van der Waals surface area contributed by atoms with Crippen LogP contribution in [0.3, 0.4) is 0 Å². The van der Waals surface area contributed by atoms with E-state index in [0.717, 1.165) is 18.3 Å². The second kappa shape index (κ2) is 4.29. The molecule has 1 N–H and O–H groups in total. The van der Waals surface area contributed by atoms with Crippen LogP contribution in [0.5, 0.6) is 0 Å². The smallest absolute Gasteiger partial charge is 0.0612 e. The Morgan fingerprint density at radius 1 is 1.27 bits per heavy atom. The van der Waals surface area contributed by atoms with Gasteiger partial charge in [0.1, 0.15) is 0 Å². The Kier molecular flexibility index (Phi) is 3.65. The van der Waals surface area contributed by atoms with Gasteiger partial charge in [-0.3, -0.25) is 0 Å². The van der Waals surface area contributed by atoms with E-state index in [4.69, 9.17) is 5.11 Å². The van der Waals surface area contributed by atoms with Gasteiger partial charge in [0.25, 0.3) is 0 Å². The molecule has 15 heavy (non-hydrogen) atoms. The first-order chi connectivity index (χ1) is 6.84. The quantitative estimate of drug-likeness (QED) is 0.702. The first-order valence-electron chi connectivity index (χ1n) is 6.10. The molecule has 0 bridgehead atoms. The molecule has 1 heteroatoms. The second-order valence-electron chi connectivity index (χ2n) is 6.27. The lowest BCUT2D eigenvalue weighted by molar-refractivity contribution is -0.121. The maximum absolute atomic E-state index is 8.75. The van der Waals surface area contributed by atoms with Gasteiger partial charge in [-0.25, -0.2) is 0 Å². The molecule has 0 saturated heterocycles. The second-order valence-corrected chi connectivity index (χ2v) is 6.27. The van der Waals surface area contributed by atoms with E-state index in [9.17, 15) is 0 Å². The highest BCUT2D eigenvalue weighted by Crippen LogP contribution is 2.63. The summed E-state index contributed by atoms with van der Waals surface area (Å²) in [5.41, 5.74) is 0.960. The molecule has 1 rings (SSSR count). The van der Waals surface area contributed by atoms with E-state index in [1.54, 1.807) is 0 Å². The summed E-state index contributed by atoms with van der Waals surface area (Å²) in [6.07, 6.45) is 6.46. The van der Waals surface area contributed by atoms with Gasteiger partial charge < -0.3 is 5.11 Å². The van der Waals surface area contributed by atoms with E-state index in [-0.39, 0.29) is 6.61 Å². The van der Waals surface area contributed by atoms with Gasteiger partial charge in [-0.05, 0) is 35.5 Å². The largest absolute Gasteiger partial charge is 0.392 e. The Bertz CT molecular complexity index is 240. The molecule has 1 aliphatic rings. The monoisotopic (exact) mass is 210 g/mol. The summed E-state index contributed by atoms with van der Waals surface area (Å²) in [5.74, 6) is 1.51. The van der Waals surface area contributed by atoms with Crippen LogP contribution < -0.4 is 0 Å². The van der Waals surface area contributed by atoms with E-state index in [1.807, 2.05) is 6.08 Å². The van der Waals surface area contributed by atoms with Gasteiger partial charge in [0.15, 0.2) is 0 Å². The van der Waals surface area contributed by atoms with Gasteiger partial charge in [0.05, 0.1) is 6.61 Å². The van der Waals surface area contributed by atoms with E-state index < -0.39 is 0 Å². The summed E-state index contributed by atoms with van der Waals surface area (Å²) < 4.78 is 0. The normalized spacial score (nSPS) is 34.7. The summed E-state index contributed by atoms with van der Waals surface area (Å²) >= 11 is 0. The van der Waals surface area contributed by atoms with Crippen molar-refractivity contribution in [2.75, 3.05) is 6.61 Å². The number of aliphatic hydroxyl groups is 1. The molecular weight excluding hydrogens is 184 g/mol. The third kappa shape index (κ3) is 2.28. The average Bonchev–Trinajstić information content (AvgIpc) is 2.10. The number of hydrogen-bond acceptors (Lipinski definition) is 1. The van der Waals surface area contributed by atoms with Crippen molar-refractivity contribution in [3.63, 3.8) is 0 Å². The molecule has 0 aromatic rings. The highest BCUT2D eigenvalue weighted by Gasteiger charge is 2.55. The lowest BCUT2D eigenvalue weighted by Gasteiger charge is -2.61. The fourth-order valence-electron chi connectivity index (χ4n) is 3.49. The predicted octanol–water partition coefficient (Wildman–Crippen LogP) is 3.63. The Morgan fingerprint density at radius 2 is 1.87 bits per heavy atom. The third-order valence-electron chi connectivity index (χ3n) is 4.54. The average molecular weight is 210 g/mol. The zero-order valence-electron chi connectivity index (χ0n) is 10.9. The summed E-state index contributed by atoms with van der Waals surface area (Å²) in [5, 5.41) is 8.75. The number of allylic oxidation sites excluding steroid dienone is 1. The topological polar surface area (TPSA) is 20.2 Å². The Hall–Kier alpha value is -0.300. The molecule has 0 amide bonds. The molecule has 2 unspecified atom stereocenters. The molecule has 0 heterocycles. The van der Waals surface area contributed by atoms with E-state index in [2.05, 4.69) is 40.7 Å². The lowest BCUT2D eigenvalue weighted by Crippen LogP contribution is -2.54. The van der Waals surface area contributed by atoms with Crippen LogP contribution in [0.1, 0.15) is 47.5 Å². The lowest BCUT2D eigenvalue weighted by atomic mass is 9.43. The van der Waals surface area contributed by atoms with Crippen LogP contribution in [0.2, 0.25) is 0 Å². The molecular formula is C14H26O. The van der Waals surface area contributed by atoms with Gasteiger partial charge in [-0.15, -0.1) is 0 Å². The zero-order valence-corrected chi connectivity index (χ0v) is 10.9. The molecule has 1 nitrogen and oxygen atoms in total. The molecule has 0 aliphatic heterocycles. The van der Waals surface area contributed by atoms with Crippen molar-refractivity contribution in [1.82, 2.24) is 0 Å². The van der Waals surface area contributed by atoms with Gasteiger partial charge in [0, 0.05) is 0 Å². The van der Waals surface area contributed by atoms with Crippen molar-refractivity contribution < 1.29 is 5.11 Å². The molecule has 1 fully saturated rings. The third-order valence-corrected chi connectivity index (χ3v) is 4.54. The van der Waals surface area contributed by atoms with Crippen LogP contribution in [0.4, 0.5) is 0 Å². The molecule has 0 spiro atoms. The van der Waals surface area contributed by atoms with Gasteiger partial charge in [-0.2, -0.15) is 0 Å². The predicted molar refractivity (Wildman–Crippen MR) is 65.7 cm³/mol. The molecule has 0 aromatic carbocycles. The minimum Gasteiger partial charge on any atom is -0.392 e. The standard InChI is InChI=1S/C14H26O/c1-11(2)14(5)10-13(3,4)12(14)8-6-7-9-15/h6-7,11-12,15H,8-10H2,1-5H3. The molecule has 2 atom stereocenters. The minimum absolute atomic E-state index is 0.172. The highest BCUT2D eigenvalue weighted by atomic mass is 16.2. The van der Waals surface area contributed by atoms with Crippen molar-refractivity contribution in [2.45, 2.75) is 47.5 Å².